The Morgan fingerprint density at radius 1 is 0.897 bits per heavy atom. The summed E-state index contributed by atoms with van der Waals surface area (Å²) in [4.78, 5) is 14.6. The van der Waals surface area contributed by atoms with Crippen LogP contribution < -0.4 is 9.47 Å². The SMILES string of the molecule is CC/C(=C(/c1ccc(OCCN2CCC(CF)C2)cc1)c1ccc(OC(=O)C(C)(C)C)cc1)c1ccccc1. The van der Waals surface area contributed by atoms with Crippen molar-refractivity contribution < 1.29 is 18.7 Å². The van der Waals surface area contributed by atoms with Crippen LogP contribution in [0.5, 0.6) is 11.5 Å². The highest BCUT2D eigenvalue weighted by Crippen LogP contribution is 2.36. The number of rotatable bonds is 10. The zero-order valence-corrected chi connectivity index (χ0v) is 23.6. The number of carbonyl (C=O) groups is 1. The van der Waals surface area contributed by atoms with E-state index in [1.54, 1.807) is 0 Å². The van der Waals surface area contributed by atoms with Crippen LogP contribution in [-0.2, 0) is 4.79 Å². The Kier molecular flexibility index (Phi) is 9.58. The Labute approximate surface area is 232 Å². The van der Waals surface area contributed by atoms with Crippen LogP contribution in [0.3, 0.4) is 0 Å². The first kappa shape index (κ1) is 28.6. The number of alkyl halides is 1. The van der Waals surface area contributed by atoms with Gasteiger partial charge in [-0.2, -0.15) is 0 Å². The van der Waals surface area contributed by atoms with Gasteiger partial charge in [-0.1, -0.05) is 61.5 Å². The molecule has 3 aromatic rings. The minimum Gasteiger partial charge on any atom is -0.492 e. The van der Waals surface area contributed by atoms with Crippen LogP contribution in [0.1, 0.15) is 57.2 Å². The highest BCUT2D eigenvalue weighted by molar-refractivity contribution is 5.98. The average Bonchev–Trinajstić information content (AvgIpc) is 3.41. The molecule has 0 aromatic heterocycles. The van der Waals surface area contributed by atoms with Crippen LogP contribution in [0.15, 0.2) is 78.9 Å². The number of hydrogen-bond acceptors (Lipinski definition) is 4. The number of hydrogen-bond donors (Lipinski definition) is 0. The van der Waals surface area contributed by atoms with E-state index in [-0.39, 0.29) is 18.6 Å². The molecule has 0 bridgehead atoms. The average molecular weight is 530 g/mol. The molecule has 0 radical (unpaired) electrons. The molecule has 5 heteroatoms. The van der Waals surface area contributed by atoms with Gasteiger partial charge in [0.05, 0.1) is 12.1 Å². The molecule has 4 nitrogen and oxygen atoms in total. The van der Waals surface area contributed by atoms with E-state index >= 15 is 0 Å². The maximum Gasteiger partial charge on any atom is 0.316 e. The second-order valence-corrected chi connectivity index (χ2v) is 11.2. The Hall–Kier alpha value is -3.44. The van der Waals surface area contributed by atoms with Crippen LogP contribution in [-0.4, -0.2) is 43.8 Å². The lowest BCUT2D eigenvalue weighted by atomic mass is 9.88. The second kappa shape index (κ2) is 13.1. The highest BCUT2D eigenvalue weighted by atomic mass is 19.1. The first-order chi connectivity index (χ1) is 18.8. The highest BCUT2D eigenvalue weighted by Gasteiger charge is 2.24. The summed E-state index contributed by atoms with van der Waals surface area (Å²) in [6.45, 7) is 10.6. The smallest absolute Gasteiger partial charge is 0.316 e. The monoisotopic (exact) mass is 529 g/mol. The second-order valence-electron chi connectivity index (χ2n) is 11.2. The number of nitrogens with zero attached hydrogens (tertiary/aromatic N) is 1. The van der Waals surface area contributed by atoms with Crippen molar-refractivity contribution in [3.8, 4) is 11.5 Å². The van der Waals surface area contributed by atoms with Crippen molar-refractivity contribution >= 4 is 17.1 Å². The van der Waals surface area contributed by atoms with Crippen LogP contribution in [0.25, 0.3) is 11.1 Å². The summed E-state index contributed by atoms with van der Waals surface area (Å²) in [5.74, 6) is 1.27. The van der Waals surface area contributed by atoms with Crippen LogP contribution in [0, 0.1) is 11.3 Å². The maximum atomic E-state index is 12.9. The van der Waals surface area contributed by atoms with Gasteiger partial charge in [-0.25, -0.2) is 0 Å². The van der Waals surface area contributed by atoms with E-state index in [2.05, 4.69) is 48.2 Å². The predicted octanol–water partition coefficient (Wildman–Crippen LogP) is 7.68. The molecule has 1 aliphatic heterocycles. The largest absolute Gasteiger partial charge is 0.492 e. The molecule has 39 heavy (non-hydrogen) atoms. The van der Waals surface area contributed by atoms with E-state index in [9.17, 15) is 9.18 Å². The minimum absolute atomic E-state index is 0.173. The molecule has 0 N–H and O–H groups in total. The lowest BCUT2D eigenvalue weighted by molar-refractivity contribution is -0.143. The Morgan fingerprint density at radius 3 is 2.05 bits per heavy atom. The van der Waals surface area contributed by atoms with E-state index in [1.165, 1.54) is 11.1 Å². The van der Waals surface area contributed by atoms with E-state index in [0.717, 1.165) is 54.9 Å². The summed E-state index contributed by atoms with van der Waals surface area (Å²) in [5.41, 5.74) is 5.13. The summed E-state index contributed by atoms with van der Waals surface area (Å²) >= 11 is 0. The molecule has 206 valence electrons. The van der Waals surface area contributed by atoms with E-state index in [1.807, 2.05) is 63.2 Å². The molecule has 1 atom stereocenters. The fourth-order valence-corrected chi connectivity index (χ4v) is 4.88. The number of ether oxygens (including phenoxy) is 2. The third kappa shape index (κ3) is 7.57. The number of halogens is 1. The van der Waals surface area contributed by atoms with Crippen molar-refractivity contribution in [3.63, 3.8) is 0 Å². The van der Waals surface area contributed by atoms with Gasteiger partial charge in [0, 0.05) is 19.0 Å². The molecule has 1 saturated heterocycles. The van der Waals surface area contributed by atoms with Gasteiger partial charge in [0.15, 0.2) is 0 Å². The summed E-state index contributed by atoms with van der Waals surface area (Å²) in [6.07, 6.45) is 1.79. The van der Waals surface area contributed by atoms with Crippen molar-refractivity contribution in [2.24, 2.45) is 11.3 Å². The van der Waals surface area contributed by atoms with E-state index in [4.69, 9.17) is 9.47 Å². The van der Waals surface area contributed by atoms with Crippen molar-refractivity contribution in [2.45, 2.75) is 40.5 Å². The quantitative estimate of drug-likeness (QED) is 0.153. The Bertz CT molecular complexity index is 1240. The van der Waals surface area contributed by atoms with Crippen molar-refractivity contribution in [1.29, 1.82) is 0 Å². The summed E-state index contributed by atoms with van der Waals surface area (Å²) in [6, 6.07) is 26.4. The fourth-order valence-electron chi connectivity index (χ4n) is 4.88. The zero-order chi connectivity index (χ0) is 27.8. The van der Waals surface area contributed by atoms with Gasteiger partial charge in [-0.3, -0.25) is 14.1 Å². The minimum atomic E-state index is -0.568. The lowest BCUT2D eigenvalue weighted by Crippen LogP contribution is -2.26. The molecule has 0 saturated carbocycles. The Balaban J connectivity index is 1.57. The van der Waals surface area contributed by atoms with E-state index in [0.29, 0.717) is 12.4 Å². The first-order valence-corrected chi connectivity index (χ1v) is 13.9. The third-order valence-electron chi connectivity index (χ3n) is 7.15. The van der Waals surface area contributed by atoms with Gasteiger partial charge in [0.1, 0.15) is 18.1 Å². The maximum absolute atomic E-state index is 12.9. The molecule has 1 unspecified atom stereocenters. The molecule has 1 aliphatic rings. The number of esters is 1. The van der Waals surface area contributed by atoms with Crippen molar-refractivity contribution in [3.05, 3.63) is 95.6 Å². The lowest BCUT2D eigenvalue weighted by Gasteiger charge is -2.19. The molecular weight excluding hydrogens is 489 g/mol. The predicted molar refractivity (Wildman–Crippen MR) is 157 cm³/mol. The molecule has 0 amide bonds. The van der Waals surface area contributed by atoms with Gasteiger partial charge < -0.3 is 9.47 Å². The number of benzene rings is 3. The van der Waals surface area contributed by atoms with Gasteiger partial charge in [-0.15, -0.1) is 0 Å². The number of allylic oxidation sites excluding steroid dienone is 1. The molecule has 0 aliphatic carbocycles. The molecular formula is C34H40FNO3. The number of likely N-dealkylation sites (tertiary alicyclic amines) is 1. The fraction of sp³-hybridized carbons (Fsp3) is 0.382. The zero-order valence-electron chi connectivity index (χ0n) is 23.6. The van der Waals surface area contributed by atoms with Gasteiger partial charge in [-0.05, 0) is 92.3 Å². The van der Waals surface area contributed by atoms with E-state index < -0.39 is 5.41 Å². The summed E-state index contributed by atoms with van der Waals surface area (Å²) < 4.78 is 24.5. The van der Waals surface area contributed by atoms with Gasteiger partial charge in [0.25, 0.3) is 0 Å². The van der Waals surface area contributed by atoms with Gasteiger partial charge in [0.2, 0.25) is 0 Å². The number of carbonyl (C=O) groups excluding carboxylic acids is 1. The molecule has 4 rings (SSSR count). The summed E-state index contributed by atoms with van der Waals surface area (Å²) in [5, 5.41) is 0. The molecule has 1 heterocycles. The third-order valence-corrected chi connectivity index (χ3v) is 7.15. The summed E-state index contributed by atoms with van der Waals surface area (Å²) in [7, 11) is 0. The molecule has 3 aromatic carbocycles. The molecule has 1 fully saturated rings. The Morgan fingerprint density at radius 2 is 1.51 bits per heavy atom. The van der Waals surface area contributed by atoms with Crippen molar-refractivity contribution in [2.75, 3.05) is 32.9 Å². The topological polar surface area (TPSA) is 38.8 Å². The van der Waals surface area contributed by atoms with Crippen molar-refractivity contribution in [1.82, 2.24) is 4.90 Å². The van der Waals surface area contributed by atoms with Crippen LogP contribution in [0.4, 0.5) is 4.39 Å². The van der Waals surface area contributed by atoms with Gasteiger partial charge >= 0.3 is 5.97 Å². The van der Waals surface area contributed by atoms with Crippen LogP contribution >= 0.6 is 0 Å². The molecule has 0 spiro atoms. The standard InChI is InChI=1S/C34H40FNO3/c1-5-31(26-9-7-6-8-10-26)32(28-13-17-30(18-14-28)39-33(37)34(2,3)4)27-11-15-29(16-12-27)38-22-21-36-20-19-25(23-35)24-36/h6-18,25H,5,19-24H2,1-4H3/b32-31+. The first-order valence-electron chi connectivity index (χ1n) is 13.9. The van der Waals surface area contributed by atoms with Crippen LogP contribution in [0.2, 0.25) is 0 Å². The normalized spacial score (nSPS) is 16.6.